The molecule has 1 radical (unpaired) electrons. The fourth-order valence-electron chi connectivity index (χ4n) is 1.73. The Morgan fingerprint density at radius 1 is 0.515 bits per heavy atom. The van der Waals surface area contributed by atoms with E-state index in [1.54, 1.807) is 18.6 Å². The van der Waals surface area contributed by atoms with Crippen molar-refractivity contribution in [2.75, 3.05) is 0 Å². The molecule has 2 aromatic heterocycles. The number of benzene rings is 2. The van der Waals surface area contributed by atoms with E-state index in [1.165, 1.54) is 0 Å². The van der Waals surface area contributed by atoms with Gasteiger partial charge in [0.2, 0.25) is 0 Å². The van der Waals surface area contributed by atoms with Crippen molar-refractivity contribution in [1.29, 1.82) is 0 Å². The Morgan fingerprint density at radius 3 is 1.30 bits per heavy atom. The van der Waals surface area contributed by atoms with Gasteiger partial charge in [0.1, 0.15) is 0 Å². The third-order valence-corrected chi connectivity index (χ3v) is 2.82. The Bertz CT molecular complexity index is 627. The smallest absolute Gasteiger partial charge is 0.0267 e. The molecule has 0 bridgehead atoms. The summed E-state index contributed by atoms with van der Waals surface area (Å²) in [5, 5.41) is 0. The van der Waals surface area contributed by atoms with E-state index >= 15 is 0 Å². The molecule has 0 aliphatic carbocycles. The van der Waals surface area contributed by atoms with Crippen LogP contribution in [0, 0.1) is 12.1 Å². The van der Waals surface area contributed by atoms with Gasteiger partial charge in [-0.1, -0.05) is 73.6 Å². The van der Waals surface area contributed by atoms with E-state index in [2.05, 4.69) is 22.1 Å². The fraction of sp³-hybridized carbons (Fsp3) is 0.267. The van der Waals surface area contributed by atoms with Crippen molar-refractivity contribution < 1.29 is 20.1 Å². The Hall–Kier alpha value is -2.61. The van der Waals surface area contributed by atoms with Crippen LogP contribution in [-0.4, -0.2) is 9.97 Å². The summed E-state index contributed by atoms with van der Waals surface area (Å²) in [5.74, 6) is 0. The Kier molecular flexibility index (Phi) is 42.0. The Balaban J connectivity index is -0.000000173. The molecule has 0 unspecified atom stereocenters. The van der Waals surface area contributed by atoms with E-state index in [4.69, 9.17) is 0 Å². The Morgan fingerprint density at radius 2 is 1.00 bits per heavy atom. The maximum Gasteiger partial charge on any atom is 0.0267 e. The first-order chi connectivity index (χ1) is 16.0. The zero-order valence-electron chi connectivity index (χ0n) is 21.6. The second kappa shape index (κ2) is 36.7. The first kappa shape index (κ1) is 37.7. The van der Waals surface area contributed by atoms with E-state index in [9.17, 15) is 0 Å². The normalized spacial score (nSPS) is 7.15. The maximum atomic E-state index is 4.22. The van der Waals surface area contributed by atoms with E-state index in [0.717, 1.165) is 11.3 Å². The number of rotatable bonds is 1. The molecule has 183 valence electrons. The molecule has 0 aliphatic heterocycles. The molecule has 0 aliphatic rings. The van der Waals surface area contributed by atoms with Gasteiger partial charge in [0, 0.05) is 38.7 Å². The minimum Gasteiger partial charge on any atom is -0.305 e. The monoisotopic (exact) mass is 623 g/mol. The first-order valence-electron chi connectivity index (χ1n) is 11.6. The van der Waals surface area contributed by atoms with Crippen molar-refractivity contribution >= 4 is 0 Å². The van der Waals surface area contributed by atoms with Gasteiger partial charge in [-0.25, -0.2) is 0 Å². The second-order valence-corrected chi connectivity index (χ2v) is 4.59. The number of aromatic nitrogens is 2. The SMILES string of the molecule is CC.CC.CC.CC.[Ir].[c-]1ccccc1.[c-]1ccccc1-c1ccccn1.c1ccncc1. The van der Waals surface area contributed by atoms with Crippen LogP contribution >= 0.6 is 0 Å². The molecular weight excluding hydrogens is 581 g/mol. The molecule has 3 heteroatoms. The van der Waals surface area contributed by atoms with E-state index in [1.807, 2.05) is 146 Å². The number of hydrogen-bond donors (Lipinski definition) is 0. The maximum absolute atomic E-state index is 4.22. The van der Waals surface area contributed by atoms with Crippen molar-refractivity contribution in [3.05, 3.63) is 122 Å². The molecule has 2 heterocycles. The molecule has 2 aromatic carbocycles. The quantitative estimate of drug-likeness (QED) is 0.198. The van der Waals surface area contributed by atoms with Gasteiger partial charge in [0.25, 0.3) is 0 Å². The third kappa shape index (κ3) is 25.5. The first-order valence-corrected chi connectivity index (χ1v) is 11.6. The summed E-state index contributed by atoms with van der Waals surface area (Å²) in [7, 11) is 0. The molecule has 0 atom stereocenters. The topological polar surface area (TPSA) is 25.8 Å². The molecule has 0 amide bonds. The molecule has 0 fully saturated rings. The average Bonchev–Trinajstić information content (AvgIpc) is 2.97. The standard InChI is InChI=1S/C11H8N.C6H5.C5H5N.4C2H6.Ir/c1-2-6-10(7-3-1)11-8-4-5-9-12-11;2*1-2-4-6-5-3-1;4*1-2;/h1-6,8-9H;2*1-5H;4*1-2H3;/q2*-1;;;;;;. The van der Waals surface area contributed by atoms with Crippen LogP contribution in [0.1, 0.15) is 55.4 Å². The van der Waals surface area contributed by atoms with Crippen molar-refractivity contribution in [2.24, 2.45) is 0 Å². The molecule has 33 heavy (non-hydrogen) atoms. The van der Waals surface area contributed by atoms with Crippen LogP contribution in [0.25, 0.3) is 11.3 Å². The number of nitrogens with zero attached hydrogens (tertiary/aromatic N) is 2. The zero-order valence-corrected chi connectivity index (χ0v) is 24.0. The second-order valence-electron chi connectivity index (χ2n) is 4.59. The summed E-state index contributed by atoms with van der Waals surface area (Å²) < 4.78 is 0. The zero-order chi connectivity index (χ0) is 24.7. The summed E-state index contributed by atoms with van der Waals surface area (Å²) in [6.07, 6.45) is 5.29. The van der Waals surface area contributed by atoms with Crippen LogP contribution in [0.4, 0.5) is 0 Å². The molecule has 4 rings (SSSR count). The van der Waals surface area contributed by atoms with E-state index in [-0.39, 0.29) is 20.1 Å². The van der Waals surface area contributed by atoms with E-state index in [0.29, 0.717) is 0 Å². The molecule has 0 saturated heterocycles. The van der Waals surface area contributed by atoms with Gasteiger partial charge < -0.3 is 4.98 Å². The van der Waals surface area contributed by atoms with Crippen LogP contribution in [0.15, 0.2) is 110 Å². The molecule has 0 spiro atoms. The average molecular weight is 623 g/mol. The molecule has 0 N–H and O–H groups in total. The Labute approximate surface area is 217 Å². The van der Waals surface area contributed by atoms with Gasteiger partial charge in [0.05, 0.1) is 0 Å². The summed E-state index contributed by atoms with van der Waals surface area (Å²) >= 11 is 0. The van der Waals surface area contributed by atoms with Crippen molar-refractivity contribution in [3.63, 3.8) is 0 Å². The molecule has 0 saturated carbocycles. The minimum absolute atomic E-state index is 0. The van der Waals surface area contributed by atoms with Crippen LogP contribution in [-0.2, 0) is 20.1 Å². The van der Waals surface area contributed by atoms with Gasteiger partial charge >= 0.3 is 0 Å². The van der Waals surface area contributed by atoms with Crippen LogP contribution in [0.5, 0.6) is 0 Å². The van der Waals surface area contributed by atoms with E-state index < -0.39 is 0 Å². The predicted molar refractivity (Wildman–Crippen MR) is 143 cm³/mol. The van der Waals surface area contributed by atoms with Gasteiger partial charge in [-0.05, 0) is 23.9 Å². The molecular formula is C30H42IrN2-2. The van der Waals surface area contributed by atoms with Gasteiger partial charge in [-0.3, -0.25) is 4.98 Å². The summed E-state index contributed by atoms with van der Waals surface area (Å²) in [5.41, 5.74) is 2.01. The molecule has 2 nitrogen and oxygen atoms in total. The predicted octanol–water partition coefficient (Wildman–Crippen LogP) is 9.22. The van der Waals surface area contributed by atoms with Gasteiger partial charge in [-0.15, -0.1) is 35.9 Å². The largest absolute Gasteiger partial charge is 0.305 e. The summed E-state index contributed by atoms with van der Waals surface area (Å²) in [6, 6.07) is 35.0. The van der Waals surface area contributed by atoms with Crippen molar-refractivity contribution in [2.45, 2.75) is 55.4 Å². The van der Waals surface area contributed by atoms with Crippen molar-refractivity contribution in [1.82, 2.24) is 9.97 Å². The third-order valence-electron chi connectivity index (χ3n) is 2.82. The summed E-state index contributed by atoms with van der Waals surface area (Å²) in [4.78, 5) is 8.00. The minimum atomic E-state index is 0. The molecule has 4 aromatic rings. The van der Waals surface area contributed by atoms with Crippen molar-refractivity contribution in [3.8, 4) is 11.3 Å². The number of pyridine rings is 2. The van der Waals surface area contributed by atoms with Gasteiger partial charge in [0.15, 0.2) is 0 Å². The summed E-state index contributed by atoms with van der Waals surface area (Å²) in [6.45, 7) is 16.0. The van der Waals surface area contributed by atoms with Gasteiger partial charge in [-0.2, -0.15) is 36.4 Å². The fourth-order valence-corrected chi connectivity index (χ4v) is 1.73. The number of hydrogen-bond acceptors (Lipinski definition) is 2. The van der Waals surface area contributed by atoms with Crippen LogP contribution in [0.2, 0.25) is 0 Å². The van der Waals surface area contributed by atoms with Crippen LogP contribution < -0.4 is 0 Å². The van der Waals surface area contributed by atoms with Crippen LogP contribution in [0.3, 0.4) is 0 Å².